The number of nitrogens with one attached hydrogen (secondary N) is 1. The first-order valence-electron chi connectivity index (χ1n) is 9.81. The summed E-state index contributed by atoms with van der Waals surface area (Å²) in [6.45, 7) is 3.75. The Labute approximate surface area is 158 Å². The number of unbranched alkanes of at least 4 members (excludes halogenated alkanes) is 6. The number of hydrogen-bond acceptors (Lipinski definition) is 1. The summed E-state index contributed by atoms with van der Waals surface area (Å²) in [7, 11) is 0. The van der Waals surface area contributed by atoms with Crippen LogP contribution in [-0.2, 0) is 4.79 Å². The maximum absolute atomic E-state index is 12.5. The Kier molecular flexibility index (Phi) is 9.27. The summed E-state index contributed by atoms with van der Waals surface area (Å²) in [5.41, 5.74) is 2.24. The first-order chi connectivity index (χ1) is 12.8. The first-order valence-corrected chi connectivity index (χ1v) is 9.81. The summed E-state index contributed by atoms with van der Waals surface area (Å²) in [4.78, 5) is 12.5. The van der Waals surface area contributed by atoms with Crippen molar-refractivity contribution >= 4 is 5.91 Å². The quantitative estimate of drug-likeness (QED) is 0.359. The van der Waals surface area contributed by atoms with E-state index in [1.54, 1.807) is 0 Å². The van der Waals surface area contributed by atoms with Crippen LogP contribution in [0.15, 0.2) is 73.3 Å². The fraction of sp³-hybridized carbons (Fsp3) is 0.375. The van der Waals surface area contributed by atoms with Crippen molar-refractivity contribution in [1.29, 1.82) is 0 Å². The van der Waals surface area contributed by atoms with E-state index in [2.05, 4.69) is 36.2 Å². The second-order valence-corrected chi connectivity index (χ2v) is 6.77. The lowest BCUT2D eigenvalue weighted by molar-refractivity contribution is -0.121. The molecule has 0 unspecified atom stereocenters. The Morgan fingerprint density at radius 1 is 0.808 bits per heavy atom. The molecule has 0 aliphatic carbocycles. The van der Waals surface area contributed by atoms with Crippen molar-refractivity contribution in [2.24, 2.45) is 0 Å². The van der Waals surface area contributed by atoms with Crippen molar-refractivity contribution in [3.05, 3.63) is 84.4 Å². The Hall–Kier alpha value is -2.35. The van der Waals surface area contributed by atoms with Gasteiger partial charge in [0.25, 0.3) is 0 Å². The predicted octanol–water partition coefficient (Wildman–Crippen LogP) is 6.20. The van der Waals surface area contributed by atoms with Gasteiger partial charge in [0.2, 0.25) is 5.91 Å². The Morgan fingerprint density at radius 2 is 1.31 bits per heavy atom. The van der Waals surface area contributed by atoms with Gasteiger partial charge in [0.05, 0.1) is 6.04 Å². The van der Waals surface area contributed by atoms with Crippen LogP contribution in [0.4, 0.5) is 0 Å². The maximum Gasteiger partial charge on any atom is 0.220 e. The first kappa shape index (κ1) is 20.0. The van der Waals surface area contributed by atoms with Crippen LogP contribution in [0.1, 0.15) is 68.5 Å². The molecule has 0 spiro atoms. The molecule has 2 heteroatoms. The molecule has 0 heterocycles. The van der Waals surface area contributed by atoms with Crippen LogP contribution in [0.5, 0.6) is 0 Å². The summed E-state index contributed by atoms with van der Waals surface area (Å²) in [6.07, 6.45) is 10.8. The summed E-state index contributed by atoms with van der Waals surface area (Å²) in [5.74, 6) is 0.134. The lowest BCUT2D eigenvalue weighted by Gasteiger charge is -2.20. The zero-order chi connectivity index (χ0) is 18.5. The lowest BCUT2D eigenvalue weighted by atomic mass is 9.98. The normalized spacial score (nSPS) is 10.7. The highest BCUT2D eigenvalue weighted by molar-refractivity contribution is 5.77. The van der Waals surface area contributed by atoms with Gasteiger partial charge < -0.3 is 5.32 Å². The SMILES string of the molecule is C=CCCCCCCCCC(=O)NC(c1ccccc1)c1ccccc1. The van der Waals surface area contributed by atoms with E-state index in [1.165, 1.54) is 25.7 Å². The van der Waals surface area contributed by atoms with Gasteiger partial charge in [-0.2, -0.15) is 0 Å². The number of carbonyl (C=O) groups excluding carboxylic acids is 1. The fourth-order valence-corrected chi connectivity index (χ4v) is 3.16. The molecule has 26 heavy (non-hydrogen) atoms. The molecule has 2 aromatic carbocycles. The number of benzene rings is 2. The van der Waals surface area contributed by atoms with Gasteiger partial charge in [0, 0.05) is 6.42 Å². The van der Waals surface area contributed by atoms with Crippen molar-refractivity contribution in [3.63, 3.8) is 0 Å². The van der Waals surface area contributed by atoms with E-state index in [-0.39, 0.29) is 11.9 Å². The Morgan fingerprint density at radius 3 is 1.85 bits per heavy atom. The van der Waals surface area contributed by atoms with Crippen molar-refractivity contribution < 1.29 is 4.79 Å². The van der Waals surface area contributed by atoms with Crippen LogP contribution >= 0.6 is 0 Å². The van der Waals surface area contributed by atoms with E-state index >= 15 is 0 Å². The minimum absolute atomic E-state index is 0.0798. The van der Waals surface area contributed by atoms with Gasteiger partial charge in [-0.05, 0) is 30.4 Å². The molecule has 1 N–H and O–H groups in total. The van der Waals surface area contributed by atoms with Gasteiger partial charge in [0.1, 0.15) is 0 Å². The number of allylic oxidation sites excluding steroid dienone is 1. The van der Waals surface area contributed by atoms with Gasteiger partial charge in [-0.15, -0.1) is 6.58 Å². The van der Waals surface area contributed by atoms with Crippen LogP contribution in [0.3, 0.4) is 0 Å². The number of rotatable bonds is 12. The van der Waals surface area contributed by atoms with Crippen molar-refractivity contribution in [1.82, 2.24) is 5.32 Å². The standard InChI is InChI=1S/C24H31NO/c1-2-3-4-5-6-7-8-15-20-23(26)25-24(21-16-11-9-12-17-21)22-18-13-10-14-19-22/h2,9-14,16-19,24H,1,3-8,15,20H2,(H,25,26). The number of carbonyl (C=O) groups is 1. The highest BCUT2D eigenvalue weighted by Gasteiger charge is 2.16. The largest absolute Gasteiger partial charge is 0.345 e. The molecule has 0 atom stereocenters. The third-order valence-corrected chi connectivity index (χ3v) is 4.63. The molecule has 1 amide bonds. The molecule has 0 saturated heterocycles. The minimum Gasteiger partial charge on any atom is -0.345 e. The van der Waals surface area contributed by atoms with Crippen LogP contribution < -0.4 is 5.32 Å². The summed E-state index contributed by atoms with van der Waals surface area (Å²) < 4.78 is 0. The van der Waals surface area contributed by atoms with E-state index in [1.807, 2.05) is 42.5 Å². The zero-order valence-electron chi connectivity index (χ0n) is 15.7. The maximum atomic E-state index is 12.5. The minimum atomic E-state index is -0.0798. The highest BCUT2D eigenvalue weighted by atomic mass is 16.1. The number of amides is 1. The number of hydrogen-bond donors (Lipinski definition) is 1. The Balaban J connectivity index is 1.79. The predicted molar refractivity (Wildman–Crippen MR) is 110 cm³/mol. The lowest BCUT2D eigenvalue weighted by Crippen LogP contribution is -2.29. The van der Waals surface area contributed by atoms with E-state index in [0.29, 0.717) is 6.42 Å². The van der Waals surface area contributed by atoms with E-state index in [0.717, 1.165) is 30.4 Å². The molecule has 0 aliphatic rings. The monoisotopic (exact) mass is 349 g/mol. The molecule has 0 aliphatic heterocycles. The summed E-state index contributed by atoms with van der Waals surface area (Å²) in [5, 5.41) is 3.22. The smallest absolute Gasteiger partial charge is 0.220 e. The van der Waals surface area contributed by atoms with E-state index < -0.39 is 0 Å². The topological polar surface area (TPSA) is 29.1 Å². The molecule has 0 aromatic heterocycles. The molecule has 138 valence electrons. The molecule has 2 rings (SSSR count). The molecule has 0 radical (unpaired) electrons. The average molecular weight is 350 g/mol. The van der Waals surface area contributed by atoms with Crippen molar-refractivity contribution in [2.45, 2.75) is 57.4 Å². The van der Waals surface area contributed by atoms with Gasteiger partial charge in [-0.25, -0.2) is 0 Å². The molecular weight excluding hydrogens is 318 g/mol. The second-order valence-electron chi connectivity index (χ2n) is 6.77. The molecular formula is C24H31NO. The van der Waals surface area contributed by atoms with E-state index in [9.17, 15) is 4.79 Å². The van der Waals surface area contributed by atoms with Crippen molar-refractivity contribution in [3.8, 4) is 0 Å². The summed E-state index contributed by atoms with van der Waals surface area (Å²) in [6, 6.07) is 20.3. The molecule has 2 nitrogen and oxygen atoms in total. The molecule has 0 saturated carbocycles. The van der Waals surface area contributed by atoms with E-state index in [4.69, 9.17) is 0 Å². The van der Waals surface area contributed by atoms with Gasteiger partial charge >= 0.3 is 0 Å². The second kappa shape index (κ2) is 12.1. The average Bonchev–Trinajstić information content (AvgIpc) is 2.69. The van der Waals surface area contributed by atoms with Gasteiger partial charge in [-0.3, -0.25) is 4.79 Å². The highest BCUT2D eigenvalue weighted by Crippen LogP contribution is 2.22. The third-order valence-electron chi connectivity index (χ3n) is 4.63. The van der Waals surface area contributed by atoms with Crippen LogP contribution in [-0.4, -0.2) is 5.91 Å². The van der Waals surface area contributed by atoms with Crippen LogP contribution in [0.25, 0.3) is 0 Å². The fourth-order valence-electron chi connectivity index (χ4n) is 3.16. The van der Waals surface area contributed by atoms with Crippen LogP contribution in [0, 0.1) is 0 Å². The molecule has 0 fully saturated rings. The summed E-state index contributed by atoms with van der Waals surface area (Å²) >= 11 is 0. The van der Waals surface area contributed by atoms with Gasteiger partial charge in [-0.1, -0.05) is 92.4 Å². The zero-order valence-corrected chi connectivity index (χ0v) is 15.7. The molecule has 2 aromatic rings. The molecule has 0 bridgehead atoms. The van der Waals surface area contributed by atoms with Gasteiger partial charge in [0.15, 0.2) is 0 Å². The Bertz CT molecular complexity index is 596. The van der Waals surface area contributed by atoms with Crippen molar-refractivity contribution in [2.75, 3.05) is 0 Å². The van der Waals surface area contributed by atoms with Crippen LogP contribution in [0.2, 0.25) is 0 Å². The third kappa shape index (κ3) is 7.26.